The first kappa shape index (κ1) is 21.6. The number of fused-ring (bicyclic) bond motifs is 5. The summed E-state index contributed by atoms with van der Waals surface area (Å²) in [4.78, 5) is 36.7. The van der Waals surface area contributed by atoms with Crippen molar-refractivity contribution in [2.75, 3.05) is 28.4 Å². The minimum absolute atomic E-state index is 0.184. The van der Waals surface area contributed by atoms with Crippen molar-refractivity contribution >= 4 is 17.6 Å². The average Bonchev–Trinajstić information content (AvgIpc) is 3.34. The number of benzene rings is 2. The Morgan fingerprint density at radius 2 is 1.66 bits per heavy atom. The Hall–Kier alpha value is -3.66. The molecule has 2 bridgehead atoms. The van der Waals surface area contributed by atoms with Gasteiger partial charge in [-0.15, -0.1) is 0 Å². The lowest BCUT2D eigenvalue weighted by molar-refractivity contribution is -0.385. The number of methoxy groups -OCH3 is 4. The zero-order valence-corrected chi connectivity index (χ0v) is 17.8. The average molecular weight is 443 g/mol. The lowest BCUT2D eigenvalue weighted by Gasteiger charge is -2.35. The van der Waals surface area contributed by atoms with E-state index in [0.29, 0.717) is 28.2 Å². The Morgan fingerprint density at radius 3 is 2.25 bits per heavy atom. The molecule has 0 amide bonds. The van der Waals surface area contributed by atoms with E-state index < -0.39 is 40.4 Å². The normalized spacial score (nSPS) is 25.1. The highest BCUT2D eigenvalue weighted by Gasteiger charge is 2.69. The molecule has 2 unspecified atom stereocenters. The molecule has 10 nitrogen and oxygen atoms in total. The molecule has 2 aromatic carbocycles. The zero-order valence-electron chi connectivity index (χ0n) is 17.8. The maximum Gasteiger partial charge on any atom is 0.313 e. The summed E-state index contributed by atoms with van der Waals surface area (Å²) in [6.45, 7) is 0. The van der Waals surface area contributed by atoms with E-state index in [9.17, 15) is 19.7 Å². The van der Waals surface area contributed by atoms with Crippen molar-refractivity contribution in [3.63, 3.8) is 0 Å². The largest absolute Gasteiger partial charge is 0.493 e. The van der Waals surface area contributed by atoms with E-state index in [2.05, 4.69) is 0 Å². The van der Waals surface area contributed by atoms with E-state index >= 15 is 0 Å². The smallest absolute Gasteiger partial charge is 0.313 e. The number of non-ortho nitro benzene ring substituents is 1. The SMILES string of the molecule is COC(=O)C1C(C(=O)OC)[C@@]2(c3cccc([N+](=O)[O-])c3)O[C@@H]1c1cc(OC)c(OC)cc12. The molecule has 2 aliphatic rings. The number of esters is 2. The Bertz CT molecular complexity index is 1110. The number of hydrogen-bond donors (Lipinski definition) is 0. The molecule has 2 aromatic rings. The summed E-state index contributed by atoms with van der Waals surface area (Å²) in [5.41, 5.74) is -0.237. The number of ether oxygens (including phenoxy) is 5. The third-order valence-corrected chi connectivity index (χ3v) is 6.11. The molecule has 2 aliphatic heterocycles. The lowest BCUT2D eigenvalue weighted by Crippen LogP contribution is -2.45. The monoisotopic (exact) mass is 443 g/mol. The van der Waals surface area contributed by atoms with Crippen LogP contribution in [0.25, 0.3) is 0 Å². The highest BCUT2D eigenvalue weighted by molar-refractivity contribution is 5.87. The van der Waals surface area contributed by atoms with Gasteiger partial charge in [0.2, 0.25) is 0 Å². The molecule has 0 aliphatic carbocycles. The van der Waals surface area contributed by atoms with Gasteiger partial charge in [-0.2, -0.15) is 0 Å². The summed E-state index contributed by atoms with van der Waals surface area (Å²) in [6.07, 6.45) is -0.861. The van der Waals surface area contributed by atoms with Gasteiger partial charge in [0, 0.05) is 12.1 Å². The van der Waals surface area contributed by atoms with Crippen LogP contribution in [0.4, 0.5) is 5.69 Å². The van der Waals surface area contributed by atoms with Crippen molar-refractivity contribution in [3.05, 3.63) is 63.2 Å². The fraction of sp³-hybridized carbons (Fsp3) is 0.364. The van der Waals surface area contributed by atoms with E-state index in [1.54, 1.807) is 18.2 Å². The van der Waals surface area contributed by atoms with E-state index in [1.807, 2.05) is 0 Å². The van der Waals surface area contributed by atoms with Crippen LogP contribution in [0.5, 0.6) is 11.5 Å². The number of carbonyl (C=O) groups is 2. The highest BCUT2D eigenvalue weighted by atomic mass is 16.6. The zero-order chi connectivity index (χ0) is 23.2. The van der Waals surface area contributed by atoms with Gasteiger partial charge in [-0.3, -0.25) is 19.7 Å². The Morgan fingerprint density at radius 1 is 1.00 bits per heavy atom. The minimum atomic E-state index is -1.53. The third kappa shape index (κ3) is 2.83. The second kappa shape index (κ2) is 7.79. The summed E-state index contributed by atoms with van der Waals surface area (Å²) < 4.78 is 27.2. The fourth-order valence-corrected chi connectivity index (χ4v) is 4.80. The molecular weight excluding hydrogens is 422 g/mol. The van der Waals surface area contributed by atoms with Gasteiger partial charge in [0.15, 0.2) is 11.5 Å². The number of nitrogens with zero attached hydrogens (tertiary/aromatic N) is 1. The summed E-state index contributed by atoms with van der Waals surface area (Å²) in [5, 5.41) is 11.5. The Kier molecular flexibility index (Phi) is 5.25. The molecule has 0 saturated carbocycles. The van der Waals surface area contributed by atoms with Crippen molar-refractivity contribution in [1.82, 2.24) is 0 Å². The van der Waals surface area contributed by atoms with Gasteiger partial charge in [-0.25, -0.2) is 0 Å². The van der Waals surface area contributed by atoms with Gasteiger partial charge < -0.3 is 23.7 Å². The second-order valence-corrected chi connectivity index (χ2v) is 7.43. The molecule has 0 spiro atoms. The van der Waals surface area contributed by atoms with Crippen molar-refractivity contribution in [2.24, 2.45) is 11.8 Å². The molecule has 2 heterocycles. The van der Waals surface area contributed by atoms with Crippen LogP contribution in [0.15, 0.2) is 36.4 Å². The van der Waals surface area contributed by atoms with Gasteiger partial charge in [-0.05, 0) is 28.8 Å². The molecule has 4 atom stereocenters. The van der Waals surface area contributed by atoms with Crippen LogP contribution in [0, 0.1) is 22.0 Å². The number of nitro groups is 1. The van der Waals surface area contributed by atoms with Crippen LogP contribution < -0.4 is 9.47 Å². The van der Waals surface area contributed by atoms with Crippen molar-refractivity contribution in [1.29, 1.82) is 0 Å². The topological polar surface area (TPSA) is 123 Å². The number of carbonyl (C=O) groups excluding carboxylic acids is 2. The molecule has 0 N–H and O–H groups in total. The number of rotatable bonds is 6. The molecule has 10 heteroatoms. The predicted molar refractivity (Wildman–Crippen MR) is 108 cm³/mol. The van der Waals surface area contributed by atoms with Crippen LogP contribution >= 0.6 is 0 Å². The van der Waals surface area contributed by atoms with Crippen LogP contribution in [-0.4, -0.2) is 45.3 Å². The first-order valence-electron chi connectivity index (χ1n) is 9.68. The number of hydrogen-bond acceptors (Lipinski definition) is 9. The van der Waals surface area contributed by atoms with Gasteiger partial charge in [0.25, 0.3) is 5.69 Å². The van der Waals surface area contributed by atoms with Gasteiger partial charge in [-0.1, -0.05) is 12.1 Å². The number of nitro benzene ring substituents is 1. The van der Waals surface area contributed by atoms with E-state index in [0.717, 1.165) is 0 Å². The Balaban J connectivity index is 2.06. The fourth-order valence-electron chi connectivity index (χ4n) is 4.80. The highest BCUT2D eigenvalue weighted by Crippen LogP contribution is 2.65. The van der Waals surface area contributed by atoms with Gasteiger partial charge in [0.1, 0.15) is 17.4 Å². The van der Waals surface area contributed by atoms with E-state index in [1.165, 1.54) is 46.6 Å². The molecule has 0 radical (unpaired) electrons. The van der Waals surface area contributed by atoms with Gasteiger partial charge in [0.05, 0.1) is 39.5 Å². The third-order valence-electron chi connectivity index (χ3n) is 6.11. The summed E-state index contributed by atoms with van der Waals surface area (Å²) in [5.74, 6) is -2.73. The molecule has 168 valence electrons. The van der Waals surface area contributed by atoms with Crippen molar-refractivity contribution in [2.45, 2.75) is 11.7 Å². The van der Waals surface area contributed by atoms with Crippen LogP contribution in [0.2, 0.25) is 0 Å². The second-order valence-electron chi connectivity index (χ2n) is 7.43. The van der Waals surface area contributed by atoms with Crippen molar-refractivity contribution in [3.8, 4) is 11.5 Å². The van der Waals surface area contributed by atoms with E-state index in [-0.39, 0.29) is 5.69 Å². The predicted octanol–water partition coefficient (Wildman–Crippen LogP) is 2.52. The van der Waals surface area contributed by atoms with Crippen molar-refractivity contribution < 1.29 is 38.2 Å². The Labute approximate surface area is 183 Å². The molecule has 1 fully saturated rings. The molecule has 1 saturated heterocycles. The molecule has 0 aromatic heterocycles. The van der Waals surface area contributed by atoms with Gasteiger partial charge >= 0.3 is 11.9 Å². The summed E-state index contributed by atoms with van der Waals surface area (Å²) in [6, 6.07) is 9.13. The maximum absolute atomic E-state index is 13.0. The first-order valence-corrected chi connectivity index (χ1v) is 9.68. The quantitative estimate of drug-likeness (QED) is 0.376. The van der Waals surface area contributed by atoms with Crippen LogP contribution in [0.3, 0.4) is 0 Å². The standard InChI is InChI=1S/C22H21NO9/c1-28-15-9-13-14(10-16(15)29-2)22(11-6-5-7-12(8-11)23(26)27)18(21(25)31-4)17(19(13)32-22)20(24)30-3/h5-10,17-19H,1-4H3/t17?,18?,19-,22+/m1/s1. The molecule has 32 heavy (non-hydrogen) atoms. The van der Waals surface area contributed by atoms with Crippen LogP contribution in [-0.2, 0) is 29.4 Å². The molecular formula is C22H21NO9. The molecule has 4 rings (SSSR count). The summed E-state index contributed by atoms with van der Waals surface area (Å²) in [7, 11) is 5.37. The lowest BCUT2D eigenvalue weighted by atomic mass is 9.65. The van der Waals surface area contributed by atoms with Crippen LogP contribution in [0.1, 0.15) is 22.8 Å². The van der Waals surface area contributed by atoms with E-state index in [4.69, 9.17) is 23.7 Å². The minimum Gasteiger partial charge on any atom is -0.493 e. The first-order chi connectivity index (χ1) is 15.3. The summed E-state index contributed by atoms with van der Waals surface area (Å²) >= 11 is 0. The maximum atomic E-state index is 13.0.